The SMILES string of the molecule is CCn1c(SCC(=O)Nc2cccc(F)c2)nnc1-c1cc(Br)ccc1O. The van der Waals surface area contributed by atoms with Crippen LogP contribution in [0, 0.1) is 5.82 Å². The Hall–Kier alpha value is -2.39. The maximum absolute atomic E-state index is 13.2. The molecule has 0 aliphatic carbocycles. The van der Waals surface area contributed by atoms with E-state index in [4.69, 9.17) is 0 Å². The highest BCUT2D eigenvalue weighted by molar-refractivity contribution is 9.10. The topological polar surface area (TPSA) is 80.0 Å². The van der Waals surface area contributed by atoms with Crippen molar-refractivity contribution in [2.75, 3.05) is 11.1 Å². The summed E-state index contributed by atoms with van der Waals surface area (Å²) in [4.78, 5) is 12.1. The number of hydrogen-bond donors (Lipinski definition) is 2. The summed E-state index contributed by atoms with van der Waals surface area (Å²) < 4.78 is 15.8. The molecule has 6 nitrogen and oxygen atoms in total. The standard InChI is InChI=1S/C18H16BrFN4O2S/c1-2-24-17(14-8-11(19)6-7-15(14)25)22-23-18(24)27-10-16(26)21-13-5-3-4-12(20)9-13/h3-9,25H,2,10H2,1H3,(H,21,26). The first-order valence-corrected chi connectivity index (χ1v) is 9.86. The van der Waals surface area contributed by atoms with Gasteiger partial charge < -0.3 is 15.0 Å². The summed E-state index contributed by atoms with van der Waals surface area (Å²) in [6, 6.07) is 10.8. The van der Waals surface area contributed by atoms with Crippen LogP contribution in [0.4, 0.5) is 10.1 Å². The lowest BCUT2D eigenvalue weighted by atomic mass is 10.2. The third kappa shape index (κ3) is 4.67. The van der Waals surface area contributed by atoms with Gasteiger partial charge in [0.15, 0.2) is 11.0 Å². The summed E-state index contributed by atoms with van der Waals surface area (Å²) in [5.41, 5.74) is 0.951. The van der Waals surface area contributed by atoms with Crippen LogP contribution in [0.15, 0.2) is 52.1 Å². The van der Waals surface area contributed by atoms with Crippen molar-refractivity contribution in [3.63, 3.8) is 0 Å². The fraction of sp³-hybridized carbons (Fsp3) is 0.167. The van der Waals surface area contributed by atoms with Crippen LogP contribution in [-0.4, -0.2) is 31.5 Å². The van der Waals surface area contributed by atoms with Gasteiger partial charge in [0.2, 0.25) is 5.91 Å². The Balaban J connectivity index is 1.73. The van der Waals surface area contributed by atoms with Crippen LogP contribution >= 0.6 is 27.7 Å². The number of nitrogens with zero attached hydrogens (tertiary/aromatic N) is 3. The quantitative estimate of drug-likeness (QED) is 0.547. The molecule has 0 fully saturated rings. The molecule has 2 aromatic carbocycles. The van der Waals surface area contributed by atoms with Crippen molar-refractivity contribution < 1.29 is 14.3 Å². The van der Waals surface area contributed by atoms with Crippen LogP contribution < -0.4 is 5.32 Å². The van der Waals surface area contributed by atoms with Crippen LogP contribution in [0.1, 0.15) is 6.92 Å². The number of carbonyl (C=O) groups excluding carboxylic acids is 1. The summed E-state index contributed by atoms with van der Waals surface area (Å²) >= 11 is 4.60. The Bertz CT molecular complexity index is 980. The monoisotopic (exact) mass is 450 g/mol. The van der Waals surface area contributed by atoms with E-state index in [2.05, 4.69) is 31.4 Å². The van der Waals surface area contributed by atoms with E-state index in [9.17, 15) is 14.3 Å². The Labute approximate surface area is 167 Å². The van der Waals surface area contributed by atoms with Gasteiger partial charge >= 0.3 is 0 Å². The second kappa shape index (κ2) is 8.53. The van der Waals surface area contributed by atoms with Crippen LogP contribution in [-0.2, 0) is 11.3 Å². The average Bonchev–Trinajstić information content (AvgIpc) is 3.04. The molecule has 2 N–H and O–H groups in total. The lowest BCUT2D eigenvalue weighted by Gasteiger charge is -2.09. The van der Waals surface area contributed by atoms with Crippen molar-refractivity contribution in [3.05, 3.63) is 52.8 Å². The minimum absolute atomic E-state index is 0.0963. The van der Waals surface area contributed by atoms with Crippen molar-refractivity contribution in [3.8, 4) is 17.1 Å². The second-order valence-electron chi connectivity index (χ2n) is 5.56. The molecular formula is C18H16BrFN4O2S. The molecule has 0 saturated carbocycles. The van der Waals surface area contributed by atoms with Gasteiger partial charge in [-0.05, 0) is 43.3 Å². The molecule has 1 aromatic heterocycles. The lowest BCUT2D eigenvalue weighted by molar-refractivity contribution is -0.113. The van der Waals surface area contributed by atoms with E-state index < -0.39 is 5.82 Å². The fourth-order valence-electron chi connectivity index (χ4n) is 2.46. The lowest BCUT2D eigenvalue weighted by Crippen LogP contribution is -2.14. The average molecular weight is 451 g/mol. The first-order valence-electron chi connectivity index (χ1n) is 8.08. The number of aromatic nitrogens is 3. The van der Waals surface area contributed by atoms with Crippen molar-refractivity contribution in [2.45, 2.75) is 18.6 Å². The molecule has 3 aromatic rings. The zero-order chi connectivity index (χ0) is 19.4. The first kappa shape index (κ1) is 19.4. The first-order chi connectivity index (χ1) is 13.0. The minimum atomic E-state index is -0.412. The largest absolute Gasteiger partial charge is 0.507 e. The fourth-order valence-corrected chi connectivity index (χ4v) is 3.62. The van der Waals surface area contributed by atoms with Crippen molar-refractivity contribution >= 4 is 39.3 Å². The van der Waals surface area contributed by atoms with Gasteiger partial charge in [-0.1, -0.05) is 33.8 Å². The molecule has 0 bridgehead atoms. The highest BCUT2D eigenvalue weighted by Gasteiger charge is 2.17. The number of aromatic hydroxyl groups is 1. The number of phenols is 1. The van der Waals surface area contributed by atoms with Crippen LogP contribution in [0.5, 0.6) is 5.75 Å². The predicted molar refractivity (Wildman–Crippen MR) is 106 cm³/mol. The number of halogens is 2. The molecule has 0 spiro atoms. The summed E-state index contributed by atoms with van der Waals surface area (Å²) in [7, 11) is 0. The number of amides is 1. The van der Waals surface area contributed by atoms with Crippen molar-refractivity contribution in [2.24, 2.45) is 0 Å². The van der Waals surface area contributed by atoms with Gasteiger partial charge in [-0.25, -0.2) is 4.39 Å². The van der Waals surface area contributed by atoms with E-state index >= 15 is 0 Å². The normalized spacial score (nSPS) is 10.8. The number of phenolic OH excluding ortho intramolecular Hbond substituents is 1. The van der Waals surface area contributed by atoms with Gasteiger partial charge in [0.05, 0.1) is 11.3 Å². The van der Waals surface area contributed by atoms with Crippen molar-refractivity contribution in [1.82, 2.24) is 14.8 Å². The number of nitrogens with one attached hydrogen (secondary N) is 1. The third-order valence-electron chi connectivity index (χ3n) is 3.67. The number of carbonyl (C=O) groups is 1. The molecule has 27 heavy (non-hydrogen) atoms. The Morgan fingerprint density at radius 2 is 2.11 bits per heavy atom. The highest BCUT2D eigenvalue weighted by atomic mass is 79.9. The zero-order valence-corrected chi connectivity index (χ0v) is 16.7. The summed E-state index contributed by atoms with van der Waals surface area (Å²) in [6.45, 7) is 2.50. The van der Waals surface area contributed by atoms with E-state index in [1.165, 1.54) is 30.0 Å². The van der Waals surface area contributed by atoms with Gasteiger partial charge in [0.1, 0.15) is 11.6 Å². The van der Waals surface area contributed by atoms with Crippen LogP contribution in [0.3, 0.4) is 0 Å². The Morgan fingerprint density at radius 3 is 2.85 bits per heavy atom. The van der Waals surface area contributed by atoms with Gasteiger partial charge in [0.25, 0.3) is 0 Å². The summed E-state index contributed by atoms with van der Waals surface area (Å²) in [5.74, 6) is 0.0249. The molecule has 0 atom stereocenters. The summed E-state index contributed by atoms with van der Waals surface area (Å²) in [5, 5.41) is 21.6. The number of hydrogen-bond acceptors (Lipinski definition) is 5. The molecular weight excluding hydrogens is 435 g/mol. The van der Waals surface area contributed by atoms with Crippen LogP contribution in [0.2, 0.25) is 0 Å². The zero-order valence-electron chi connectivity index (χ0n) is 14.3. The molecule has 140 valence electrons. The van der Waals surface area contributed by atoms with Crippen LogP contribution in [0.25, 0.3) is 11.4 Å². The van der Waals surface area contributed by atoms with Gasteiger partial charge in [-0.2, -0.15) is 0 Å². The second-order valence-corrected chi connectivity index (χ2v) is 7.42. The molecule has 0 aliphatic rings. The van der Waals surface area contributed by atoms with E-state index in [-0.39, 0.29) is 17.4 Å². The van der Waals surface area contributed by atoms with E-state index in [1.807, 2.05) is 11.5 Å². The number of thioether (sulfide) groups is 1. The molecule has 9 heteroatoms. The number of benzene rings is 2. The van der Waals surface area contributed by atoms with E-state index in [0.29, 0.717) is 28.8 Å². The van der Waals surface area contributed by atoms with Crippen molar-refractivity contribution in [1.29, 1.82) is 0 Å². The Kier molecular flexibility index (Phi) is 6.12. The van der Waals surface area contributed by atoms with Gasteiger partial charge in [-0.3, -0.25) is 4.79 Å². The highest BCUT2D eigenvalue weighted by Crippen LogP contribution is 2.32. The molecule has 1 amide bonds. The Morgan fingerprint density at radius 1 is 1.30 bits per heavy atom. The van der Waals surface area contributed by atoms with Gasteiger partial charge in [0, 0.05) is 16.7 Å². The predicted octanol–water partition coefficient (Wildman–Crippen LogP) is 4.30. The van der Waals surface area contributed by atoms with E-state index in [1.54, 1.807) is 24.3 Å². The van der Waals surface area contributed by atoms with E-state index in [0.717, 1.165) is 4.47 Å². The third-order valence-corrected chi connectivity index (χ3v) is 5.13. The number of rotatable bonds is 6. The molecule has 0 radical (unpaired) electrons. The van der Waals surface area contributed by atoms with Gasteiger partial charge in [-0.15, -0.1) is 10.2 Å². The molecule has 0 aliphatic heterocycles. The molecule has 1 heterocycles. The smallest absolute Gasteiger partial charge is 0.234 e. The molecule has 0 saturated heterocycles. The molecule has 0 unspecified atom stereocenters. The maximum Gasteiger partial charge on any atom is 0.234 e. The number of anilines is 1. The molecule has 3 rings (SSSR count). The minimum Gasteiger partial charge on any atom is -0.507 e. The summed E-state index contributed by atoms with van der Waals surface area (Å²) in [6.07, 6.45) is 0. The maximum atomic E-state index is 13.2.